The first-order chi connectivity index (χ1) is 8.78. The highest BCUT2D eigenvalue weighted by atomic mass is 16.7. The largest absolute Gasteiger partial charge is 0.479 e. The van der Waals surface area contributed by atoms with Crippen molar-refractivity contribution in [2.24, 2.45) is 22.7 Å². The summed E-state index contributed by atoms with van der Waals surface area (Å²) in [6.07, 6.45) is 3.89. The maximum atomic E-state index is 12.9. The molecule has 1 spiro atoms. The summed E-state index contributed by atoms with van der Waals surface area (Å²) >= 11 is 0. The van der Waals surface area contributed by atoms with Crippen LogP contribution in [0.25, 0.3) is 0 Å². The maximum absolute atomic E-state index is 12.9. The van der Waals surface area contributed by atoms with Gasteiger partial charge in [-0.1, -0.05) is 13.8 Å². The first-order valence-corrected chi connectivity index (χ1v) is 7.26. The van der Waals surface area contributed by atoms with Gasteiger partial charge in [-0.3, -0.25) is 4.79 Å². The molecule has 4 nitrogen and oxygen atoms in total. The molecule has 6 unspecified atom stereocenters. The molecule has 1 saturated heterocycles. The second kappa shape index (κ2) is 2.76. The quantitative estimate of drug-likeness (QED) is 0.581. The van der Waals surface area contributed by atoms with Crippen LogP contribution in [-0.4, -0.2) is 28.1 Å². The lowest BCUT2D eigenvalue weighted by molar-refractivity contribution is -0.153. The number of carbonyl (C=O) groups is 2. The third-order valence-corrected chi connectivity index (χ3v) is 7.21. The van der Waals surface area contributed by atoms with E-state index in [4.69, 9.17) is 4.74 Å². The second-order valence-corrected chi connectivity index (χ2v) is 7.42. The van der Waals surface area contributed by atoms with Crippen LogP contribution in [0.5, 0.6) is 0 Å². The molecule has 4 rings (SSSR count). The fourth-order valence-corrected chi connectivity index (χ4v) is 6.33. The lowest BCUT2D eigenvalue weighted by Gasteiger charge is -2.42. The molecular weight excluding hydrogens is 244 g/mol. The van der Waals surface area contributed by atoms with E-state index in [9.17, 15) is 14.7 Å². The number of fused-ring (bicyclic) bond motifs is 1. The van der Waals surface area contributed by atoms with Crippen molar-refractivity contribution in [1.82, 2.24) is 0 Å². The van der Waals surface area contributed by atoms with Crippen LogP contribution in [0, 0.1) is 22.7 Å². The van der Waals surface area contributed by atoms with Crippen molar-refractivity contribution in [3.8, 4) is 0 Å². The SMILES string of the molecule is CC1CCC23C1CCC2(C)C(=O)C1(C(=O)O)OC13C. The number of hydrogen-bond acceptors (Lipinski definition) is 3. The van der Waals surface area contributed by atoms with Crippen LogP contribution >= 0.6 is 0 Å². The summed E-state index contributed by atoms with van der Waals surface area (Å²) in [6.45, 7) is 6.11. The molecule has 4 heteroatoms. The van der Waals surface area contributed by atoms with Gasteiger partial charge < -0.3 is 9.84 Å². The number of carboxylic acids is 1. The Kier molecular flexibility index (Phi) is 1.72. The van der Waals surface area contributed by atoms with Crippen LogP contribution in [0.15, 0.2) is 0 Å². The van der Waals surface area contributed by atoms with Gasteiger partial charge in [0, 0.05) is 10.8 Å². The van der Waals surface area contributed by atoms with Crippen LogP contribution < -0.4 is 0 Å². The summed E-state index contributed by atoms with van der Waals surface area (Å²) in [6, 6.07) is 0. The van der Waals surface area contributed by atoms with E-state index in [2.05, 4.69) is 6.92 Å². The van der Waals surface area contributed by atoms with E-state index in [0.29, 0.717) is 11.8 Å². The summed E-state index contributed by atoms with van der Waals surface area (Å²) in [7, 11) is 0. The van der Waals surface area contributed by atoms with Crippen molar-refractivity contribution >= 4 is 11.8 Å². The molecule has 1 heterocycles. The van der Waals surface area contributed by atoms with Gasteiger partial charge in [-0.25, -0.2) is 4.79 Å². The number of ether oxygens (including phenoxy) is 1. The predicted octanol–water partition coefficient (Wildman–Crippen LogP) is 2.01. The fraction of sp³-hybridized carbons (Fsp3) is 0.867. The van der Waals surface area contributed by atoms with Gasteiger partial charge in [0.05, 0.1) is 0 Å². The molecule has 104 valence electrons. The van der Waals surface area contributed by atoms with Gasteiger partial charge in [0.2, 0.25) is 0 Å². The topological polar surface area (TPSA) is 66.9 Å². The third kappa shape index (κ3) is 0.793. The predicted molar refractivity (Wildman–Crippen MR) is 66.5 cm³/mol. The number of carbonyl (C=O) groups excluding carboxylic acids is 1. The lowest BCUT2D eigenvalue weighted by atomic mass is 9.61. The van der Waals surface area contributed by atoms with Crippen molar-refractivity contribution < 1.29 is 19.4 Å². The van der Waals surface area contributed by atoms with Crippen molar-refractivity contribution in [3.63, 3.8) is 0 Å². The summed E-state index contributed by atoms with van der Waals surface area (Å²) in [5, 5.41) is 9.56. The monoisotopic (exact) mass is 264 g/mol. The Bertz CT molecular complexity index is 528. The number of hydrogen-bond donors (Lipinski definition) is 1. The van der Waals surface area contributed by atoms with E-state index in [1.807, 2.05) is 13.8 Å². The van der Waals surface area contributed by atoms with E-state index in [-0.39, 0.29) is 11.2 Å². The van der Waals surface area contributed by atoms with E-state index < -0.39 is 22.6 Å². The van der Waals surface area contributed by atoms with Gasteiger partial charge in [0.25, 0.3) is 5.60 Å². The Hall–Kier alpha value is -0.900. The van der Waals surface area contributed by atoms with E-state index in [0.717, 1.165) is 25.7 Å². The minimum atomic E-state index is -1.54. The zero-order chi connectivity index (χ0) is 13.8. The molecule has 3 saturated carbocycles. The molecule has 6 atom stereocenters. The Morgan fingerprint density at radius 2 is 2.00 bits per heavy atom. The molecule has 1 N–H and O–H groups in total. The molecule has 4 fully saturated rings. The molecule has 0 aromatic heterocycles. The zero-order valence-electron chi connectivity index (χ0n) is 11.7. The van der Waals surface area contributed by atoms with Crippen LogP contribution in [0.3, 0.4) is 0 Å². The standard InChI is InChI=1S/C15H20O4/c1-8-4-7-14-9(8)5-6-12(14,2)10(16)15(11(17)18)13(14,3)19-15/h8-9H,4-7H2,1-3H3,(H,17,18). The maximum Gasteiger partial charge on any atom is 0.347 e. The van der Waals surface area contributed by atoms with Gasteiger partial charge in [-0.2, -0.15) is 0 Å². The first-order valence-electron chi connectivity index (χ1n) is 7.26. The Morgan fingerprint density at radius 3 is 2.63 bits per heavy atom. The van der Waals surface area contributed by atoms with Crippen LogP contribution in [0.4, 0.5) is 0 Å². The molecular formula is C15H20O4. The summed E-state index contributed by atoms with van der Waals surface area (Å²) < 4.78 is 5.68. The van der Waals surface area contributed by atoms with Crippen LogP contribution in [0.2, 0.25) is 0 Å². The number of epoxide rings is 1. The third-order valence-electron chi connectivity index (χ3n) is 7.21. The van der Waals surface area contributed by atoms with Gasteiger partial charge in [0.15, 0.2) is 5.78 Å². The molecule has 3 aliphatic carbocycles. The van der Waals surface area contributed by atoms with E-state index >= 15 is 0 Å². The highest BCUT2D eigenvalue weighted by Gasteiger charge is 2.96. The number of Topliss-reactive ketones (excluding diaryl/α,β-unsaturated/α-hetero) is 1. The number of carboxylic acid groups (broad SMARTS) is 1. The molecule has 19 heavy (non-hydrogen) atoms. The molecule has 0 bridgehead atoms. The molecule has 0 aromatic rings. The van der Waals surface area contributed by atoms with Crippen LogP contribution in [-0.2, 0) is 14.3 Å². The Morgan fingerprint density at radius 1 is 1.32 bits per heavy atom. The minimum absolute atomic E-state index is 0.161. The van der Waals surface area contributed by atoms with Crippen molar-refractivity contribution in [3.05, 3.63) is 0 Å². The van der Waals surface area contributed by atoms with Crippen molar-refractivity contribution in [2.45, 2.75) is 57.7 Å². The van der Waals surface area contributed by atoms with Crippen molar-refractivity contribution in [2.75, 3.05) is 0 Å². The molecule has 0 aromatic carbocycles. The molecule has 0 radical (unpaired) electrons. The molecule has 1 aliphatic heterocycles. The normalized spacial score (nSPS) is 61.7. The number of rotatable bonds is 1. The Labute approximate surface area is 112 Å². The highest BCUT2D eigenvalue weighted by molar-refractivity contribution is 6.17. The second-order valence-electron chi connectivity index (χ2n) is 7.42. The minimum Gasteiger partial charge on any atom is -0.479 e. The highest BCUT2D eigenvalue weighted by Crippen LogP contribution is 2.83. The van der Waals surface area contributed by atoms with Gasteiger partial charge in [0.1, 0.15) is 5.60 Å². The molecule has 0 amide bonds. The molecule has 4 aliphatic rings. The average Bonchev–Trinajstić information content (AvgIpc) is 2.63. The zero-order valence-corrected chi connectivity index (χ0v) is 11.7. The van der Waals surface area contributed by atoms with Gasteiger partial charge in [-0.15, -0.1) is 0 Å². The fourth-order valence-electron chi connectivity index (χ4n) is 6.33. The van der Waals surface area contributed by atoms with Crippen molar-refractivity contribution in [1.29, 1.82) is 0 Å². The summed E-state index contributed by atoms with van der Waals surface area (Å²) in [4.78, 5) is 24.5. The number of aliphatic carboxylic acids is 1. The smallest absolute Gasteiger partial charge is 0.347 e. The van der Waals surface area contributed by atoms with Gasteiger partial charge >= 0.3 is 5.97 Å². The van der Waals surface area contributed by atoms with E-state index in [1.54, 1.807) is 0 Å². The lowest BCUT2D eigenvalue weighted by Crippen LogP contribution is -2.46. The first kappa shape index (κ1) is 11.9. The summed E-state index contributed by atoms with van der Waals surface area (Å²) in [5.74, 6) is -0.231. The van der Waals surface area contributed by atoms with E-state index in [1.165, 1.54) is 0 Å². The van der Waals surface area contributed by atoms with Crippen LogP contribution in [0.1, 0.15) is 46.5 Å². The van der Waals surface area contributed by atoms with Gasteiger partial charge in [-0.05, 0) is 44.4 Å². The average molecular weight is 264 g/mol. The summed E-state index contributed by atoms with van der Waals surface area (Å²) in [5.41, 5.74) is -3.04. The Balaban J connectivity index is 1.97. The number of ketones is 1.